The number of furan rings is 2. The number of fused-ring (bicyclic) bond motifs is 19. The van der Waals surface area contributed by atoms with Crippen molar-refractivity contribution in [3.05, 3.63) is 326 Å². The summed E-state index contributed by atoms with van der Waals surface area (Å²) in [7, 11) is 0. The number of benzene rings is 14. The zero-order valence-corrected chi connectivity index (χ0v) is 46.1. The van der Waals surface area contributed by atoms with Crippen molar-refractivity contribution in [1.82, 2.24) is 0 Å². The molecule has 0 N–H and O–H groups in total. The standard InChI is InChI=1S/C81H50N2O2/c1-3-17-58(18-4-1)82(74-29-15-25-68-65-23-9-13-31-76(65)84-79(68)74)60-41-35-51(36-42-60)53-33-34-55-49-70-67-46-40-56-47-54(39-45-62(56)78(67)81(73(70)50-57(55)48-53)71-27-11-7-21-63(71)64-22-8-12-28-72(64)81)52-37-43-61(44-38-52)83(59-19-5-2-6-20-59)75-30-16-26-69-66-24-10-14-32-77(66)85-80(69)75/h1-50H. The van der Waals surface area contributed by atoms with Gasteiger partial charge in [0.15, 0.2) is 11.2 Å². The van der Waals surface area contributed by atoms with Gasteiger partial charge in [-0.2, -0.15) is 0 Å². The highest BCUT2D eigenvalue weighted by molar-refractivity contribution is 6.12. The maximum Gasteiger partial charge on any atom is 0.159 e. The largest absolute Gasteiger partial charge is 0.454 e. The first-order chi connectivity index (χ1) is 42.1. The Hall–Kier alpha value is -11.2. The molecule has 2 aliphatic rings. The number of hydrogen-bond acceptors (Lipinski definition) is 4. The Morgan fingerprint density at radius 2 is 0.694 bits per heavy atom. The van der Waals surface area contributed by atoms with E-state index in [2.05, 4.69) is 289 Å². The Morgan fingerprint density at radius 3 is 1.26 bits per heavy atom. The lowest BCUT2D eigenvalue weighted by Gasteiger charge is -2.31. The van der Waals surface area contributed by atoms with Gasteiger partial charge in [-0.05, 0) is 185 Å². The number of hydrogen-bond donors (Lipinski definition) is 0. The summed E-state index contributed by atoms with van der Waals surface area (Å²) in [5.74, 6) is 0. The molecule has 0 radical (unpaired) electrons. The van der Waals surface area contributed by atoms with E-state index in [-0.39, 0.29) is 0 Å². The molecule has 0 saturated carbocycles. The lowest BCUT2D eigenvalue weighted by Crippen LogP contribution is -2.26. The van der Waals surface area contributed by atoms with E-state index in [4.69, 9.17) is 8.83 Å². The van der Waals surface area contributed by atoms with E-state index < -0.39 is 5.41 Å². The summed E-state index contributed by atoms with van der Waals surface area (Å²) in [6.45, 7) is 0. The minimum absolute atomic E-state index is 0.542. The first-order valence-electron chi connectivity index (χ1n) is 29.2. The van der Waals surface area contributed by atoms with E-state index in [0.29, 0.717) is 0 Å². The molecule has 0 amide bonds. The van der Waals surface area contributed by atoms with Gasteiger partial charge in [-0.3, -0.25) is 0 Å². The van der Waals surface area contributed by atoms with Gasteiger partial charge < -0.3 is 18.6 Å². The molecule has 0 atom stereocenters. The molecule has 4 nitrogen and oxygen atoms in total. The van der Waals surface area contributed by atoms with Gasteiger partial charge in [-0.25, -0.2) is 0 Å². The zero-order chi connectivity index (χ0) is 55.7. The van der Waals surface area contributed by atoms with Crippen molar-refractivity contribution in [2.24, 2.45) is 0 Å². The number of anilines is 6. The minimum Gasteiger partial charge on any atom is -0.454 e. The molecule has 85 heavy (non-hydrogen) atoms. The molecule has 4 heteroatoms. The lowest BCUT2D eigenvalue weighted by atomic mass is 9.69. The van der Waals surface area contributed by atoms with Crippen molar-refractivity contribution < 1.29 is 8.83 Å². The summed E-state index contributed by atoms with van der Waals surface area (Å²) in [6, 6.07) is 111. The van der Waals surface area contributed by atoms with Gasteiger partial charge in [0.1, 0.15) is 11.2 Å². The minimum atomic E-state index is -0.542. The molecule has 0 aliphatic heterocycles. The van der Waals surface area contributed by atoms with Gasteiger partial charge in [-0.15, -0.1) is 0 Å². The Bertz CT molecular complexity index is 5320. The average Bonchev–Trinajstić information content (AvgIpc) is 1.60. The van der Waals surface area contributed by atoms with Crippen molar-refractivity contribution in [2.45, 2.75) is 5.41 Å². The summed E-state index contributed by atoms with van der Waals surface area (Å²) < 4.78 is 13.2. The lowest BCUT2D eigenvalue weighted by molar-refractivity contribution is 0.668. The maximum absolute atomic E-state index is 6.61. The number of para-hydroxylation sites is 6. The molecule has 18 rings (SSSR count). The fourth-order valence-corrected chi connectivity index (χ4v) is 14.5. The highest BCUT2D eigenvalue weighted by Gasteiger charge is 2.52. The Kier molecular flexibility index (Phi) is 10.3. The van der Waals surface area contributed by atoms with E-state index in [1.54, 1.807) is 0 Å². The smallest absolute Gasteiger partial charge is 0.159 e. The van der Waals surface area contributed by atoms with Crippen LogP contribution < -0.4 is 9.80 Å². The molecule has 2 aromatic heterocycles. The van der Waals surface area contributed by atoms with Crippen molar-refractivity contribution in [3.8, 4) is 44.5 Å². The van der Waals surface area contributed by atoms with Crippen LogP contribution in [0.1, 0.15) is 22.3 Å². The second-order valence-corrected chi connectivity index (χ2v) is 22.7. The third kappa shape index (κ3) is 7.03. The molecule has 14 aromatic carbocycles. The van der Waals surface area contributed by atoms with Crippen molar-refractivity contribution in [1.29, 1.82) is 0 Å². The molecule has 16 aromatic rings. The second kappa shape index (κ2) is 18.4. The number of nitrogens with zero attached hydrogens (tertiary/aromatic N) is 2. The molecule has 2 heterocycles. The van der Waals surface area contributed by atoms with Gasteiger partial charge in [0.2, 0.25) is 0 Å². The van der Waals surface area contributed by atoms with Crippen molar-refractivity contribution in [2.75, 3.05) is 9.80 Å². The van der Waals surface area contributed by atoms with Crippen LogP contribution in [0, 0.1) is 0 Å². The van der Waals surface area contributed by atoms with Crippen LogP contribution in [0.4, 0.5) is 34.1 Å². The SMILES string of the molecule is c1ccc(N(c2ccc(-c3ccc4cc5c(cc4c3)C3(c4ccccc4-c4ccccc43)c3c-5ccc4cc(-c5ccc(N(c6ccccc6)c6cccc7c6oc6ccccc67)cc5)ccc34)cc2)c2cccc3c2oc2ccccc23)cc1. The van der Waals surface area contributed by atoms with Crippen LogP contribution in [0.3, 0.4) is 0 Å². The fraction of sp³-hybridized carbons (Fsp3) is 0.0123. The third-order valence-electron chi connectivity index (χ3n) is 18.2. The molecule has 0 bridgehead atoms. The Labute approximate surface area is 490 Å². The second-order valence-electron chi connectivity index (χ2n) is 22.7. The highest BCUT2D eigenvalue weighted by atomic mass is 16.3. The van der Waals surface area contributed by atoms with Crippen LogP contribution in [0.15, 0.2) is 312 Å². The molecule has 0 saturated heterocycles. The van der Waals surface area contributed by atoms with E-state index in [0.717, 1.165) is 89.1 Å². The van der Waals surface area contributed by atoms with Crippen LogP contribution >= 0.6 is 0 Å². The van der Waals surface area contributed by atoms with Gasteiger partial charge in [-0.1, -0.05) is 206 Å². The van der Waals surface area contributed by atoms with Gasteiger partial charge in [0.25, 0.3) is 0 Å². The van der Waals surface area contributed by atoms with Crippen LogP contribution in [0.25, 0.3) is 110 Å². The van der Waals surface area contributed by atoms with Gasteiger partial charge >= 0.3 is 0 Å². The molecule has 396 valence electrons. The normalized spacial score (nSPS) is 12.8. The number of rotatable bonds is 8. The van der Waals surface area contributed by atoms with Crippen LogP contribution in [-0.4, -0.2) is 0 Å². The topological polar surface area (TPSA) is 32.8 Å². The molecule has 0 unspecified atom stereocenters. The monoisotopic (exact) mass is 1080 g/mol. The van der Waals surface area contributed by atoms with E-state index in [1.807, 2.05) is 24.3 Å². The van der Waals surface area contributed by atoms with E-state index in [1.165, 1.54) is 77.2 Å². The molecular formula is C81H50N2O2. The predicted octanol–water partition coefficient (Wildman–Crippen LogP) is 22.4. The zero-order valence-electron chi connectivity index (χ0n) is 46.1. The molecular weight excluding hydrogens is 1030 g/mol. The first kappa shape index (κ1) is 47.4. The third-order valence-corrected chi connectivity index (χ3v) is 18.2. The first-order valence-corrected chi connectivity index (χ1v) is 29.2. The quantitative estimate of drug-likeness (QED) is 0.152. The molecule has 0 fully saturated rings. The summed E-state index contributed by atoms with van der Waals surface area (Å²) in [6.07, 6.45) is 0. The highest BCUT2D eigenvalue weighted by Crippen LogP contribution is 2.65. The average molecular weight is 1080 g/mol. The van der Waals surface area contributed by atoms with Gasteiger partial charge in [0, 0.05) is 44.3 Å². The summed E-state index contributed by atoms with van der Waals surface area (Å²) in [5, 5.41) is 9.34. The van der Waals surface area contributed by atoms with Crippen LogP contribution in [0.5, 0.6) is 0 Å². The molecule has 2 aliphatic carbocycles. The summed E-state index contributed by atoms with van der Waals surface area (Å²) >= 11 is 0. The fourth-order valence-electron chi connectivity index (χ4n) is 14.5. The summed E-state index contributed by atoms with van der Waals surface area (Å²) in [5.41, 5.74) is 24.3. The van der Waals surface area contributed by atoms with Crippen molar-refractivity contribution >= 4 is 99.5 Å². The van der Waals surface area contributed by atoms with Gasteiger partial charge in [0.05, 0.1) is 16.8 Å². The Morgan fingerprint density at radius 1 is 0.247 bits per heavy atom. The maximum atomic E-state index is 6.61. The van der Waals surface area contributed by atoms with E-state index >= 15 is 0 Å². The van der Waals surface area contributed by atoms with E-state index in [9.17, 15) is 0 Å². The Balaban J connectivity index is 0.740. The molecule has 1 spiro atoms. The van der Waals surface area contributed by atoms with Crippen LogP contribution in [-0.2, 0) is 5.41 Å². The van der Waals surface area contributed by atoms with Crippen LogP contribution in [0.2, 0.25) is 0 Å². The summed E-state index contributed by atoms with van der Waals surface area (Å²) in [4.78, 5) is 4.61. The van der Waals surface area contributed by atoms with Crippen molar-refractivity contribution in [3.63, 3.8) is 0 Å². The predicted molar refractivity (Wildman–Crippen MR) is 353 cm³/mol.